The number of hydrogen-bond donors (Lipinski definition) is 0. The fourth-order valence-electron chi connectivity index (χ4n) is 8.31. The van der Waals surface area contributed by atoms with E-state index < -0.39 is 0 Å². The van der Waals surface area contributed by atoms with Gasteiger partial charge in [0.15, 0.2) is 0 Å². The molecule has 0 saturated carbocycles. The zero-order valence-corrected chi connectivity index (χ0v) is 29.7. The van der Waals surface area contributed by atoms with Gasteiger partial charge in [-0.2, -0.15) is 0 Å². The Bertz CT molecular complexity index is 2560. The van der Waals surface area contributed by atoms with Crippen LogP contribution < -0.4 is 4.90 Å². The van der Waals surface area contributed by atoms with E-state index in [1.165, 1.54) is 66.1 Å². The second-order valence-corrected chi connectivity index (χ2v) is 15.0. The number of hydrogen-bond acceptors (Lipinski definition) is 1. The van der Waals surface area contributed by atoms with Crippen LogP contribution in [-0.2, 0) is 10.8 Å². The second-order valence-electron chi connectivity index (χ2n) is 15.0. The molecule has 8 aromatic rings. The number of fused-ring (bicyclic) bond motifs is 6. The molecule has 0 heterocycles. The Morgan fingerprint density at radius 3 is 1.76 bits per heavy atom. The zero-order valence-electron chi connectivity index (χ0n) is 29.7. The fraction of sp³-hybridized carbons (Fsp3) is 0.120. The van der Waals surface area contributed by atoms with Crippen molar-refractivity contribution in [2.45, 2.75) is 38.5 Å². The summed E-state index contributed by atoms with van der Waals surface area (Å²) < 4.78 is 0. The molecule has 0 aliphatic heterocycles. The minimum Gasteiger partial charge on any atom is -0.310 e. The van der Waals surface area contributed by atoms with Crippen molar-refractivity contribution in [3.8, 4) is 22.3 Å². The molecule has 0 spiro atoms. The van der Waals surface area contributed by atoms with Crippen molar-refractivity contribution in [2.24, 2.45) is 0 Å². The van der Waals surface area contributed by atoms with Gasteiger partial charge in [-0.3, -0.25) is 0 Å². The molecule has 1 aliphatic carbocycles. The molecule has 8 aromatic carbocycles. The number of anilines is 3. The molecule has 0 fully saturated rings. The third-order valence-corrected chi connectivity index (χ3v) is 11.4. The summed E-state index contributed by atoms with van der Waals surface area (Å²) >= 11 is 0. The van der Waals surface area contributed by atoms with Crippen molar-refractivity contribution < 1.29 is 0 Å². The fourth-order valence-corrected chi connectivity index (χ4v) is 8.31. The highest BCUT2D eigenvalue weighted by Gasteiger charge is 2.35. The summed E-state index contributed by atoms with van der Waals surface area (Å²) in [5.74, 6) is 0. The van der Waals surface area contributed by atoms with Gasteiger partial charge in [-0.05, 0) is 102 Å². The summed E-state index contributed by atoms with van der Waals surface area (Å²) in [6.45, 7) is 9.38. The molecule has 1 aliphatic rings. The monoisotopic (exact) mass is 655 g/mol. The van der Waals surface area contributed by atoms with Gasteiger partial charge in [0, 0.05) is 27.9 Å². The Morgan fingerprint density at radius 1 is 0.412 bits per heavy atom. The molecule has 0 N–H and O–H groups in total. The molecule has 0 unspecified atom stereocenters. The Hall–Kier alpha value is -5.92. The van der Waals surface area contributed by atoms with Crippen LogP contribution in [0.5, 0.6) is 0 Å². The molecule has 0 atom stereocenters. The highest BCUT2D eigenvalue weighted by Crippen LogP contribution is 2.50. The third-order valence-electron chi connectivity index (χ3n) is 11.4. The first-order valence-corrected chi connectivity index (χ1v) is 18.0. The predicted molar refractivity (Wildman–Crippen MR) is 218 cm³/mol. The Balaban J connectivity index is 1.11. The maximum absolute atomic E-state index is 2.41. The largest absolute Gasteiger partial charge is 0.310 e. The number of nitrogens with zero attached hydrogens (tertiary/aromatic N) is 1. The number of benzene rings is 8. The molecule has 246 valence electrons. The highest BCUT2D eigenvalue weighted by atomic mass is 15.1. The lowest BCUT2D eigenvalue weighted by atomic mass is 9.77. The summed E-state index contributed by atoms with van der Waals surface area (Å²) in [4.78, 5) is 2.41. The van der Waals surface area contributed by atoms with E-state index in [1.54, 1.807) is 0 Å². The van der Waals surface area contributed by atoms with Crippen LogP contribution >= 0.6 is 0 Å². The lowest BCUT2D eigenvalue weighted by Crippen LogP contribution is -2.19. The van der Waals surface area contributed by atoms with Crippen molar-refractivity contribution in [2.75, 3.05) is 4.90 Å². The predicted octanol–water partition coefficient (Wildman–Crippen LogP) is 13.8. The topological polar surface area (TPSA) is 3.24 Å². The maximum Gasteiger partial charge on any atom is 0.0465 e. The van der Waals surface area contributed by atoms with Crippen LogP contribution in [0.1, 0.15) is 49.9 Å². The van der Waals surface area contributed by atoms with Crippen LogP contribution in [0.25, 0.3) is 43.8 Å². The number of rotatable bonds is 6. The van der Waals surface area contributed by atoms with Crippen LogP contribution in [0, 0.1) is 0 Å². The average molecular weight is 656 g/mol. The Labute approximate surface area is 301 Å². The molecular weight excluding hydrogens is 615 g/mol. The average Bonchev–Trinajstić information content (AvgIpc) is 3.41. The van der Waals surface area contributed by atoms with Crippen LogP contribution in [0.4, 0.5) is 17.1 Å². The summed E-state index contributed by atoms with van der Waals surface area (Å²) in [5.41, 5.74) is 13.7. The molecule has 0 radical (unpaired) electrons. The molecule has 1 heteroatoms. The molecular formula is C50H41N. The van der Waals surface area contributed by atoms with E-state index in [0.29, 0.717) is 0 Å². The summed E-state index contributed by atoms with van der Waals surface area (Å²) in [5, 5.41) is 5.17. The SMILES string of the molecule is CC(C)(c1ccc(N(c2ccc(-c3ccccc3)cc2)c2ccc3c(c2)C(C)(C)c2ccccc2-3)cc1)c1ccc2c(ccc3ccccc32)c1. The Kier molecular flexibility index (Phi) is 7.22. The van der Waals surface area contributed by atoms with Gasteiger partial charge >= 0.3 is 0 Å². The van der Waals surface area contributed by atoms with E-state index in [9.17, 15) is 0 Å². The van der Waals surface area contributed by atoms with Gasteiger partial charge in [0.25, 0.3) is 0 Å². The summed E-state index contributed by atoms with van der Waals surface area (Å²) in [7, 11) is 0. The van der Waals surface area contributed by atoms with Crippen molar-refractivity contribution in [3.05, 3.63) is 198 Å². The normalized spacial score (nSPS) is 13.3. The lowest BCUT2D eigenvalue weighted by Gasteiger charge is -2.30. The van der Waals surface area contributed by atoms with Gasteiger partial charge in [-0.1, -0.05) is 167 Å². The van der Waals surface area contributed by atoms with Gasteiger partial charge in [-0.25, -0.2) is 0 Å². The van der Waals surface area contributed by atoms with Crippen LogP contribution in [0.3, 0.4) is 0 Å². The van der Waals surface area contributed by atoms with E-state index in [2.05, 4.69) is 209 Å². The van der Waals surface area contributed by atoms with E-state index in [-0.39, 0.29) is 10.8 Å². The zero-order chi connectivity index (χ0) is 34.7. The lowest BCUT2D eigenvalue weighted by molar-refractivity contribution is 0.642. The maximum atomic E-state index is 2.41. The smallest absolute Gasteiger partial charge is 0.0465 e. The van der Waals surface area contributed by atoms with Crippen LogP contribution in [-0.4, -0.2) is 0 Å². The van der Waals surface area contributed by atoms with E-state index in [4.69, 9.17) is 0 Å². The molecule has 9 rings (SSSR count). The third kappa shape index (κ3) is 5.15. The van der Waals surface area contributed by atoms with Gasteiger partial charge in [-0.15, -0.1) is 0 Å². The van der Waals surface area contributed by atoms with Crippen molar-refractivity contribution in [1.29, 1.82) is 0 Å². The van der Waals surface area contributed by atoms with Gasteiger partial charge < -0.3 is 4.90 Å². The highest BCUT2D eigenvalue weighted by molar-refractivity contribution is 6.07. The van der Waals surface area contributed by atoms with Gasteiger partial charge in [0.05, 0.1) is 0 Å². The summed E-state index contributed by atoms with van der Waals surface area (Å²) in [6, 6.07) is 64.9. The van der Waals surface area contributed by atoms with Gasteiger partial charge in [0.1, 0.15) is 0 Å². The molecule has 0 saturated heterocycles. The molecule has 1 nitrogen and oxygen atoms in total. The molecule has 0 aromatic heterocycles. The Morgan fingerprint density at radius 2 is 0.980 bits per heavy atom. The quantitative estimate of drug-likeness (QED) is 0.161. The van der Waals surface area contributed by atoms with Gasteiger partial charge in [0.2, 0.25) is 0 Å². The van der Waals surface area contributed by atoms with E-state index >= 15 is 0 Å². The molecule has 0 amide bonds. The van der Waals surface area contributed by atoms with Crippen LogP contribution in [0.2, 0.25) is 0 Å². The van der Waals surface area contributed by atoms with E-state index in [1.807, 2.05) is 0 Å². The van der Waals surface area contributed by atoms with Crippen molar-refractivity contribution in [1.82, 2.24) is 0 Å². The molecule has 0 bridgehead atoms. The van der Waals surface area contributed by atoms with Crippen molar-refractivity contribution >= 4 is 38.6 Å². The minimum absolute atomic E-state index is 0.0786. The first-order valence-electron chi connectivity index (χ1n) is 18.0. The first kappa shape index (κ1) is 31.1. The van der Waals surface area contributed by atoms with E-state index in [0.717, 1.165) is 17.1 Å². The van der Waals surface area contributed by atoms with Crippen molar-refractivity contribution in [3.63, 3.8) is 0 Å². The second kappa shape index (κ2) is 11.9. The molecule has 51 heavy (non-hydrogen) atoms. The minimum atomic E-state index is -0.177. The van der Waals surface area contributed by atoms with Crippen LogP contribution in [0.15, 0.2) is 176 Å². The summed E-state index contributed by atoms with van der Waals surface area (Å²) in [6.07, 6.45) is 0. The standard InChI is InChI=1S/C50H41N/c1-49(2,39-24-30-44-37(32-39)19-18-36-14-8-9-15-43(36)44)38-22-27-41(28-23-38)51(40-25-20-35(21-26-40)34-12-6-5-7-13-34)42-29-31-46-45-16-10-11-17-47(45)50(3,4)48(46)33-42/h5-33H,1-4H3. The first-order chi connectivity index (χ1) is 24.8.